The number of ether oxygens (including phenoxy) is 1. The number of hydrogen-bond acceptors (Lipinski definition) is 2. The van der Waals surface area contributed by atoms with Gasteiger partial charge in [-0.15, -0.1) is 0 Å². The molecule has 0 saturated heterocycles. The summed E-state index contributed by atoms with van der Waals surface area (Å²) in [4.78, 5) is 0. The molecule has 10 heavy (non-hydrogen) atoms. The third-order valence-corrected chi connectivity index (χ3v) is 1.26. The molecular formula is C8H9O2. The fourth-order valence-electron chi connectivity index (χ4n) is 0.729. The Morgan fingerprint density at radius 3 is 2.80 bits per heavy atom. The number of phenols is 1. The van der Waals surface area contributed by atoms with Gasteiger partial charge in [0, 0.05) is 0 Å². The Labute approximate surface area is 60.1 Å². The van der Waals surface area contributed by atoms with Crippen molar-refractivity contribution in [3.05, 3.63) is 23.8 Å². The van der Waals surface area contributed by atoms with Crippen LogP contribution in [0.4, 0.5) is 0 Å². The number of benzene rings is 1. The molecule has 0 saturated carbocycles. The molecule has 1 N–H and O–H groups in total. The number of phenolic OH excluding ortho intramolecular Hbond substituents is 1. The van der Waals surface area contributed by atoms with Crippen LogP contribution in [0.5, 0.6) is 11.5 Å². The molecule has 0 amide bonds. The van der Waals surface area contributed by atoms with Crippen LogP contribution in [0.15, 0.2) is 12.1 Å². The second-order valence-electron chi connectivity index (χ2n) is 2.07. The van der Waals surface area contributed by atoms with Crippen LogP contribution in [0.3, 0.4) is 0 Å². The number of aryl methyl sites for hydroxylation is 1. The molecule has 2 heteroatoms. The smallest absolute Gasteiger partial charge is 0.160 e. The van der Waals surface area contributed by atoms with Gasteiger partial charge in [0.25, 0.3) is 0 Å². The molecule has 0 unspecified atom stereocenters. The average Bonchev–Trinajstić information content (AvgIpc) is 1.94. The van der Waals surface area contributed by atoms with Crippen LogP contribution in [-0.4, -0.2) is 12.2 Å². The number of aromatic hydroxyl groups is 1. The number of methoxy groups -OCH3 is 1. The predicted molar refractivity (Wildman–Crippen MR) is 38.2 cm³/mol. The molecule has 0 atom stereocenters. The van der Waals surface area contributed by atoms with Gasteiger partial charge < -0.3 is 9.84 Å². The third-order valence-electron chi connectivity index (χ3n) is 1.26. The molecule has 0 fully saturated rings. The Kier molecular flexibility index (Phi) is 1.81. The lowest BCUT2D eigenvalue weighted by molar-refractivity contribution is 0.373. The van der Waals surface area contributed by atoms with E-state index in [1.807, 2.05) is 6.92 Å². The predicted octanol–water partition coefficient (Wildman–Crippen LogP) is 1.51. The van der Waals surface area contributed by atoms with Gasteiger partial charge in [-0.25, -0.2) is 0 Å². The van der Waals surface area contributed by atoms with Crippen LogP contribution in [0.1, 0.15) is 5.56 Å². The molecule has 0 aliphatic rings. The average molecular weight is 137 g/mol. The Balaban J connectivity index is 3.09. The highest BCUT2D eigenvalue weighted by atomic mass is 16.5. The van der Waals surface area contributed by atoms with Crippen molar-refractivity contribution < 1.29 is 9.84 Å². The first-order valence-corrected chi connectivity index (χ1v) is 2.99. The van der Waals surface area contributed by atoms with Crippen molar-refractivity contribution in [2.75, 3.05) is 7.11 Å². The van der Waals surface area contributed by atoms with Gasteiger partial charge in [-0.2, -0.15) is 0 Å². The molecule has 0 aromatic heterocycles. The van der Waals surface area contributed by atoms with E-state index in [0.717, 1.165) is 5.56 Å². The molecular weight excluding hydrogens is 128 g/mol. The zero-order valence-electron chi connectivity index (χ0n) is 6.01. The van der Waals surface area contributed by atoms with Crippen LogP contribution >= 0.6 is 0 Å². The number of rotatable bonds is 1. The van der Waals surface area contributed by atoms with Crippen LogP contribution in [0, 0.1) is 13.0 Å². The van der Waals surface area contributed by atoms with Crippen molar-refractivity contribution in [2.45, 2.75) is 6.92 Å². The molecule has 0 aliphatic heterocycles. The zero-order valence-corrected chi connectivity index (χ0v) is 6.01. The molecule has 0 aliphatic carbocycles. The van der Waals surface area contributed by atoms with E-state index in [1.165, 1.54) is 13.2 Å². The molecule has 1 rings (SSSR count). The van der Waals surface area contributed by atoms with E-state index in [2.05, 4.69) is 6.07 Å². The monoisotopic (exact) mass is 137 g/mol. The normalized spacial score (nSPS) is 9.40. The highest BCUT2D eigenvalue weighted by Gasteiger charge is 1.98. The molecule has 53 valence electrons. The van der Waals surface area contributed by atoms with E-state index in [4.69, 9.17) is 9.84 Å². The maximum absolute atomic E-state index is 9.08. The van der Waals surface area contributed by atoms with Crippen molar-refractivity contribution in [2.24, 2.45) is 0 Å². The summed E-state index contributed by atoms with van der Waals surface area (Å²) < 4.78 is 4.86. The largest absolute Gasteiger partial charge is 0.504 e. The van der Waals surface area contributed by atoms with Crippen molar-refractivity contribution >= 4 is 0 Å². The van der Waals surface area contributed by atoms with Crippen molar-refractivity contribution in [1.29, 1.82) is 0 Å². The summed E-state index contributed by atoms with van der Waals surface area (Å²) in [5.74, 6) is 0.629. The van der Waals surface area contributed by atoms with Gasteiger partial charge in [-0.3, -0.25) is 0 Å². The molecule has 1 aromatic rings. The Bertz CT molecular complexity index is 231. The minimum atomic E-state index is 0.133. The minimum absolute atomic E-state index is 0.133. The topological polar surface area (TPSA) is 29.5 Å². The first kappa shape index (κ1) is 6.93. The molecule has 1 aromatic carbocycles. The lowest BCUT2D eigenvalue weighted by Crippen LogP contribution is -1.83. The summed E-state index contributed by atoms with van der Waals surface area (Å²) in [6.07, 6.45) is 0. The van der Waals surface area contributed by atoms with Gasteiger partial charge in [0.2, 0.25) is 0 Å². The van der Waals surface area contributed by atoms with Crippen LogP contribution < -0.4 is 4.74 Å². The summed E-state index contributed by atoms with van der Waals surface area (Å²) in [5.41, 5.74) is 0.953. The van der Waals surface area contributed by atoms with Crippen molar-refractivity contribution in [1.82, 2.24) is 0 Å². The second kappa shape index (κ2) is 2.60. The lowest BCUT2D eigenvalue weighted by Gasteiger charge is -2.01. The van der Waals surface area contributed by atoms with E-state index >= 15 is 0 Å². The van der Waals surface area contributed by atoms with E-state index in [1.54, 1.807) is 6.07 Å². The minimum Gasteiger partial charge on any atom is -0.504 e. The van der Waals surface area contributed by atoms with Gasteiger partial charge in [-0.1, -0.05) is 0 Å². The molecule has 0 bridgehead atoms. The van der Waals surface area contributed by atoms with Crippen molar-refractivity contribution in [3.63, 3.8) is 0 Å². The molecule has 0 heterocycles. The van der Waals surface area contributed by atoms with Crippen molar-refractivity contribution in [3.8, 4) is 11.5 Å². The van der Waals surface area contributed by atoms with Crippen LogP contribution in [0.2, 0.25) is 0 Å². The summed E-state index contributed by atoms with van der Waals surface area (Å²) in [6, 6.07) is 6.07. The van der Waals surface area contributed by atoms with Gasteiger partial charge >= 0.3 is 0 Å². The molecule has 1 radical (unpaired) electrons. The standard InChI is InChI=1S/C8H9O2/c1-6-3-4-7(9)8(5-6)10-2/h4-5,9H,1-2H3. The lowest BCUT2D eigenvalue weighted by atomic mass is 10.2. The van der Waals surface area contributed by atoms with E-state index in [-0.39, 0.29) is 5.75 Å². The van der Waals surface area contributed by atoms with Crippen LogP contribution in [0.25, 0.3) is 0 Å². The number of hydrogen-bond donors (Lipinski definition) is 1. The SMILES string of the molecule is COc1cc(C)[c]cc1O. The Hall–Kier alpha value is -1.18. The van der Waals surface area contributed by atoms with Gasteiger partial charge in [0.1, 0.15) is 0 Å². The maximum atomic E-state index is 9.08. The van der Waals surface area contributed by atoms with Crippen LogP contribution in [-0.2, 0) is 0 Å². The molecule has 2 nitrogen and oxygen atoms in total. The summed E-state index contributed by atoms with van der Waals surface area (Å²) in [6.45, 7) is 1.89. The Morgan fingerprint density at radius 2 is 2.30 bits per heavy atom. The molecule has 0 spiro atoms. The summed E-state index contributed by atoms with van der Waals surface area (Å²) in [5, 5.41) is 9.08. The van der Waals surface area contributed by atoms with Gasteiger partial charge in [-0.05, 0) is 30.7 Å². The third kappa shape index (κ3) is 1.21. The second-order valence-corrected chi connectivity index (χ2v) is 2.07. The first-order valence-electron chi connectivity index (χ1n) is 2.99. The highest BCUT2D eigenvalue weighted by Crippen LogP contribution is 2.25. The maximum Gasteiger partial charge on any atom is 0.160 e. The van der Waals surface area contributed by atoms with E-state index < -0.39 is 0 Å². The highest BCUT2D eigenvalue weighted by molar-refractivity contribution is 5.40. The van der Waals surface area contributed by atoms with E-state index in [9.17, 15) is 0 Å². The summed E-state index contributed by atoms with van der Waals surface area (Å²) in [7, 11) is 1.52. The zero-order chi connectivity index (χ0) is 7.56. The fraction of sp³-hybridized carbons (Fsp3) is 0.250. The fourth-order valence-corrected chi connectivity index (χ4v) is 0.729. The van der Waals surface area contributed by atoms with Gasteiger partial charge in [0.15, 0.2) is 11.5 Å². The van der Waals surface area contributed by atoms with Gasteiger partial charge in [0.05, 0.1) is 7.11 Å². The summed E-state index contributed by atoms with van der Waals surface area (Å²) >= 11 is 0. The first-order chi connectivity index (χ1) is 4.74. The Morgan fingerprint density at radius 1 is 1.60 bits per heavy atom. The quantitative estimate of drug-likeness (QED) is 0.635. The van der Waals surface area contributed by atoms with E-state index in [0.29, 0.717) is 5.75 Å².